The molecule has 2 heterocycles. The summed E-state index contributed by atoms with van der Waals surface area (Å²) < 4.78 is 6.50. The second-order valence-electron chi connectivity index (χ2n) is 3.28. The standard InChI is InChI=1S/C9H5ClIN3O4/c10-8-7(11)9(15)13(4-12-8)3-5-1-2-6(18-5)14(16)17/h1-2,4H,3H2. The summed E-state index contributed by atoms with van der Waals surface area (Å²) in [7, 11) is 0. The highest BCUT2D eigenvalue weighted by Crippen LogP contribution is 2.16. The maximum atomic E-state index is 11.8. The molecule has 0 aliphatic rings. The number of halogens is 2. The molecule has 0 aliphatic heterocycles. The second-order valence-corrected chi connectivity index (χ2v) is 4.72. The third-order valence-electron chi connectivity index (χ3n) is 2.09. The summed E-state index contributed by atoms with van der Waals surface area (Å²) in [5, 5.41) is 10.6. The molecule has 0 saturated carbocycles. The van der Waals surface area contributed by atoms with E-state index in [1.807, 2.05) is 0 Å². The normalized spacial score (nSPS) is 10.6. The Kier molecular flexibility index (Phi) is 3.66. The second kappa shape index (κ2) is 5.06. The first-order valence-electron chi connectivity index (χ1n) is 4.62. The number of aromatic nitrogens is 2. The third-order valence-corrected chi connectivity index (χ3v) is 3.67. The minimum atomic E-state index is -0.643. The van der Waals surface area contributed by atoms with Crippen LogP contribution in [0.3, 0.4) is 0 Å². The highest BCUT2D eigenvalue weighted by molar-refractivity contribution is 14.1. The average Bonchev–Trinajstić information content (AvgIpc) is 2.79. The van der Waals surface area contributed by atoms with Crippen LogP contribution >= 0.6 is 34.2 Å². The number of nitrogens with zero attached hydrogens (tertiary/aromatic N) is 3. The highest BCUT2D eigenvalue weighted by atomic mass is 127. The zero-order valence-corrected chi connectivity index (χ0v) is 11.6. The maximum Gasteiger partial charge on any atom is 0.433 e. The van der Waals surface area contributed by atoms with Crippen LogP contribution in [0.25, 0.3) is 0 Å². The summed E-state index contributed by atoms with van der Waals surface area (Å²) in [5.74, 6) is -0.0709. The van der Waals surface area contributed by atoms with Crippen LogP contribution in [0.5, 0.6) is 0 Å². The van der Waals surface area contributed by atoms with Gasteiger partial charge >= 0.3 is 5.88 Å². The number of hydrogen-bond donors (Lipinski definition) is 0. The van der Waals surface area contributed by atoms with Crippen molar-refractivity contribution in [3.63, 3.8) is 0 Å². The van der Waals surface area contributed by atoms with Crippen LogP contribution in [-0.2, 0) is 6.54 Å². The first kappa shape index (κ1) is 13.0. The minimum absolute atomic E-state index is 0.0623. The minimum Gasteiger partial charge on any atom is -0.404 e. The summed E-state index contributed by atoms with van der Waals surface area (Å²) >= 11 is 7.48. The van der Waals surface area contributed by atoms with E-state index < -0.39 is 4.92 Å². The number of hydrogen-bond acceptors (Lipinski definition) is 5. The molecule has 0 radical (unpaired) electrons. The summed E-state index contributed by atoms with van der Waals surface area (Å²) in [5.41, 5.74) is -0.324. The van der Waals surface area contributed by atoms with Crippen molar-refractivity contribution in [2.24, 2.45) is 0 Å². The first-order chi connectivity index (χ1) is 8.49. The Balaban J connectivity index is 2.31. The molecule has 0 fully saturated rings. The molecular formula is C9H5ClIN3O4. The molecule has 94 valence electrons. The van der Waals surface area contributed by atoms with E-state index >= 15 is 0 Å². The van der Waals surface area contributed by atoms with Gasteiger partial charge in [0, 0.05) is 0 Å². The van der Waals surface area contributed by atoms with Gasteiger partial charge < -0.3 is 4.42 Å². The van der Waals surface area contributed by atoms with Crippen molar-refractivity contribution in [3.8, 4) is 0 Å². The van der Waals surface area contributed by atoms with E-state index in [0.717, 1.165) is 0 Å². The van der Waals surface area contributed by atoms with Crippen molar-refractivity contribution < 1.29 is 9.34 Å². The Labute approximate surface area is 119 Å². The van der Waals surface area contributed by atoms with Crippen LogP contribution in [0.4, 0.5) is 5.88 Å². The fourth-order valence-corrected chi connectivity index (χ4v) is 1.85. The molecule has 0 saturated heterocycles. The predicted molar refractivity (Wildman–Crippen MR) is 70.7 cm³/mol. The fourth-order valence-electron chi connectivity index (χ4n) is 1.27. The van der Waals surface area contributed by atoms with Gasteiger partial charge in [-0.25, -0.2) is 4.98 Å². The molecule has 0 N–H and O–H groups in total. The Morgan fingerprint density at radius 1 is 1.56 bits per heavy atom. The van der Waals surface area contributed by atoms with Crippen LogP contribution in [0, 0.1) is 13.7 Å². The molecule has 2 rings (SSSR count). The van der Waals surface area contributed by atoms with Gasteiger partial charge in [-0.05, 0) is 28.7 Å². The Morgan fingerprint density at radius 3 is 2.89 bits per heavy atom. The molecule has 0 aromatic carbocycles. The molecule has 2 aromatic rings. The van der Waals surface area contributed by atoms with Gasteiger partial charge in [-0.3, -0.25) is 19.5 Å². The molecule has 2 aromatic heterocycles. The number of furan rings is 1. The first-order valence-corrected chi connectivity index (χ1v) is 6.08. The third kappa shape index (κ3) is 2.53. The fraction of sp³-hybridized carbons (Fsp3) is 0.111. The van der Waals surface area contributed by atoms with Gasteiger partial charge in [-0.1, -0.05) is 11.6 Å². The van der Waals surface area contributed by atoms with Crippen molar-refractivity contribution in [2.75, 3.05) is 0 Å². The number of nitro groups is 1. The smallest absolute Gasteiger partial charge is 0.404 e. The Hall–Kier alpha value is -1.42. The predicted octanol–water partition coefficient (Wildman–Crippen LogP) is 2.05. The van der Waals surface area contributed by atoms with E-state index in [2.05, 4.69) is 4.98 Å². The van der Waals surface area contributed by atoms with Gasteiger partial charge in [0.15, 0.2) is 0 Å². The topological polar surface area (TPSA) is 91.2 Å². The summed E-state index contributed by atoms with van der Waals surface area (Å²) in [6.07, 6.45) is 1.27. The molecule has 0 atom stereocenters. The summed E-state index contributed by atoms with van der Waals surface area (Å²) in [6, 6.07) is 2.67. The zero-order valence-electron chi connectivity index (χ0n) is 8.67. The molecule has 9 heteroatoms. The zero-order chi connectivity index (χ0) is 13.3. The molecule has 18 heavy (non-hydrogen) atoms. The largest absolute Gasteiger partial charge is 0.433 e. The lowest BCUT2D eigenvalue weighted by Crippen LogP contribution is -2.23. The van der Waals surface area contributed by atoms with E-state index in [1.165, 1.54) is 23.0 Å². The van der Waals surface area contributed by atoms with Gasteiger partial charge in [0.25, 0.3) is 5.56 Å². The molecule has 0 amide bonds. The van der Waals surface area contributed by atoms with E-state index in [9.17, 15) is 14.9 Å². The van der Waals surface area contributed by atoms with E-state index in [-0.39, 0.29) is 26.7 Å². The Bertz CT molecular complexity index is 666. The SMILES string of the molecule is O=c1c(I)c(Cl)ncn1Cc1ccc([N+](=O)[O-])o1. The van der Waals surface area contributed by atoms with Crippen molar-refractivity contribution >= 4 is 40.1 Å². The molecule has 0 unspecified atom stereocenters. The molecule has 0 bridgehead atoms. The quantitative estimate of drug-likeness (QED) is 0.351. The molecule has 7 nitrogen and oxygen atoms in total. The lowest BCUT2D eigenvalue weighted by molar-refractivity contribution is -0.402. The van der Waals surface area contributed by atoms with E-state index in [4.69, 9.17) is 16.0 Å². The maximum absolute atomic E-state index is 11.8. The van der Waals surface area contributed by atoms with Crippen molar-refractivity contribution in [2.45, 2.75) is 6.54 Å². The number of rotatable bonds is 3. The van der Waals surface area contributed by atoms with Crippen molar-refractivity contribution in [1.82, 2.24) is 9.55 Å². The molecule has 0 aliphatic carbocycles. The van der Waals surface area contributed by atoms with E-state index in [1.54, 1.807) is 22.6 Å². The molecule has 0 spiro atoms. The van der Waals surface area contributed by atoms with Gasteiger partial charge in [0.2, 0.25) is 0 Å². The van der Waals surface area contributed by atoms with Gasteiger partial charge in [-0.2, -0.15) is 0 Å². The summed E-state index contributed by atoms with van der Waals surface area (Å²) in [4.78, 5) is 25.4. The van der Waals surface area contributed by atoms with Crippen molar-refractivity contribution in [1.29, 1.82) is 0 Å². The summed E-state index contributed by atoms with van der Waals surface area (Å²) in [6.45, 7) is 0.0623. The van der Waals surface area contributed by atoms with Crippen LogP contribution in [0.1, 0.15) is 5.76 Å². The highest BCUT2D eigenvalue weighted by Gasteiger charge is 2.13. The van der Waals surface area contributed by atoms with Gasteiger partial charge in [-0.15, -0.1) is 0 Å². The van der Waals surface area contributed by atoms with Gasteiger partial charge in [0.05, 0.1) is 18.9 Å². The van der Waals surface area contributed by atoms with Crippen LogP contribution in [-0.4, -0.2) is 14.5 Å². The van der Waals surface area contributed by atoms with Crippen LogP contribution in [0.2, 0.25) is 5.15 Å². The Morgan fingerprint density at radius 2 is 2.28 bits per heavy atom. The monoisotopic (exact) mass is 381 g/mol. The molecular weight excluding hydrogens is 376 g/mol. The van der Waals surface area contributed by atoms with Gasteiger partial charge in [0.1, 0.15) is 19.4 Å². The lowest BCUT2D eigenvalue weighted by atomic mass is 10.4. The lowest BCUT2D eigenvalue weighted by Gasteiger charge is -2.03. The van der Waals surface area contributed by atoms with Crippen LogP contribution < -0.4 is 5.56 Å². The van der Waals surface area contributed by atoms with E-state index in [0.29, 0.717) is 5.76 Å². The van der Waals surface area contributed by atoms with Crippen LogP contribution in [0.15, 0.2) is 27.7 Å². The van der Waals surface area contributed by atoms with Crippen molar-refractivity contribution in [3.05, 3.63) is 53.4 Å². The average molecular weight is 382 g/mol.